The Bertz CT molecular complexity index is 994. The van der Waals surface area contributed by atoms with E-state index in [9.17, 15) is 0 Å². The van der Waals surface area contributed by atoms with Crippen LogP contribution in [0.25, 0.3) is 22.0 Å². The highest BCUT2D eigenvalue weighted by molar-refractivity contribution is 6.34. The molecule has 0 aliphatic carbocycles. The molecular weight excluding hydrogens is 342 g/mol. The second-order valence-corrected chi connectivity index (χ2v) is 6.74. The molecule has 3 aromatic carbocycles. The third-order valence-corrected chi connectivity index (χ3v) is 4.83. The maximum absolute atomic E-state index is 6.47. The second kappa shape index (κ2) is 7.63. The summed E-state index contributed by atoms with van der Waals surface area (Å²) in [5.74, 6) is 0.877. The van der Waals surface area contributed by atoms with Crippen molar-refractivity contribution in [2.24, 2.45) is 0 Å². The number of nitrogens with one attached hydrogen (secondary N) is 2. The number of aromatic nitrogens is 2. The SMILES string of the molecule is Clc1cc2[nH]nc(NCCCc3ccccc3)c2cc1-c1ccccc1. The average Bonchev–Trinajstić information content (AvgIpc) is 3.08. The number of aryl methyl sites for hydroxylation is 1. The summed E-state index contributed by atoms with van der Waals surface area (Å²) < 4.78 is 0. The number of H-pyrrole nitrogens is 1. The molecule has 130 valence electrons. The first-order valence-electron chi connectivity index (χ1n) is 8.82. The topological polar surface area (TPSA) is 40.7 Å². The van der Waals surface area contributed by atoms with Crippen molar-refractivity contribution >= 4 is 28.3 Å². The third kappa shape index (κ3) is 3.58. The van der Waals surface area contributed by atoms with E-state index in [1.807, 2.05) is 30.3 Å². The van der Waals surface area contributed by atoms with Crippen LogP contribution in [0.5, 0.6) is 0 Å². The minimum absolute atomic E-state index is 0.725. The summed E-state index contributed by atoms with van der Waals surface area (Å²) in [6.07, 6.45) is 2.11. The Kier molecular flexibility index (Phi) is 4.89. The third-order valence-electron chi connectivity index (χ3n) is 4.51. The molecule has 0 fully saturated rings. The number of anilines is 1. The van der Waals surface area contributed by atoms with Crippen LogP contribution in [0.1, 0.15) is 12.0 Å². The van der Waals surface area contributed by atoms with Crippen LogP contribution < -0.4 is 5.32 Å². The first-order chi connectivity index (χ1) is 12.8. The van der Waals surface area contributed by atoms with Gasteiger partial charge in [-0.05, 0) is 36.1 Å². The Morgan fingerprint density at radius 3 is 2.42 bits per heavy atom. The normalized spacial score (nSPS) is 11.0. The predicted molar refractivity (Wildman–Crippen MR) is 110 cm³/mol. The Morgan fingerprint density at radius 1 is 0.923 bits per heavy atom. The summed E-state index contributed by atoms with van der Waals surface area (Å²) in [5, 5.41) is 12.7. The van der Waals surface area contributed by atoms with Crippen LogP contribution in [0, 0.1) is 0 Å². The van der Waals surface area contributed by atoms with Gasteiger partial charge in [0.25, 0.3) is 0 Å². The maximum Gasteiger partial charge on any atom is 0.155 e. The Balaban J connectivity index is 1.51. The molecule has 4 heteroatoms. The highest BCUT2D eigenvalue weighted by atomic mass is 35.5. The molecule has 0 radical (unpaired) electrons. The number of hydrogen-bond donors (Lipinski definition) is 2. The van der Waals surface area contributed by atoms with Crippen LogP contribution in [-0.2, 0) is 6.42 Å². The summed E-state index contributed by atoms with van der Waals surface area (Å²) in [6.45, 7) is 0.873. The van der Waals surface area contributed by atoms with Crippen LogP contribution in [0.15, 0.2) is 72.8 Å². The van der Waals surface area contributed by atoms with Gasteiger partial charge in [0.05, 0.1) is 10.5 Å². The number of fused-ring (bicyclic) bond motifs is 1. The average molecular weight is 362 g/mol. The van der Waals surface area contributed by atoms with Gasteiger partial charge in [-0.2, -0.15) is 5.10 Å². The van der Waals surface area contributed by atoms with Crippen LogP contribution >= 0.6 is 11.6 Å². The monoisotopic (exact) mass is 361 g/mol. The van der Waals surface area contributed by atoms with Crippen LogP contribution in [0.4, 0.5) is 5.82 Å². The van der Waals surface area contributed by atoms with Crippen molar-refractivity contribution in [3.63, 3.8) is 0 Å². The van der Waals surface area contributed by atoms with E-state index in [0.29, 0.717) is 0 Å². The van der Waals surface area contributed by atoms with Crippen LogP contribution in [0.3, 0.4) is 0 Å². The number of halogens is 1. The summed E-state index contributed by atoms with van der Waals surface area (Å²) in [4.78, 5) is 0. The molecule has 0 unspecified atom stereocenters. The summed E-state index contributed by atoms with van der Waals surface area (Å²) in [7, 11) is 0. The van der Waals surface area contributed by atoms with Gasteiger partial charge in [0, 0.05) is 17.5 Å². The van der Waals surface area contributed by atoms with Crippen molar-refractivity contribution in [2.75, 3.05) is 11.9 Å². The molecule has 26 heavy (non-hydrogen) atoms. The smallest absolute Gasteiger partial charge is 0.155 e. The van der Waals surface area contributed by atoms with E-state index in [1.54, 1.807) is 0 Å². The van der Waals surface area contributed by atoms with Crippen molar-refractivity contribution in [1.29, 1.82) is 0 Å². The van der Waals surface area contributed by atoms with Crippen molar-refractivity contribution < 1.29 is 0 Å². The lowest BCUT2D eigenvalue weighted by Gasteiger charge is -2.07. The minimum Gasteiger partial charge on any atom is -0.368 e. The molecule has 2 N–H and O–H groups in total. The van der Waals surface area contributed by atoms with Gasteiger partial charge in [0.2, 0.25) is 0 Å². The zero-order valence-corrected chi connectivity index (χ0v) is 15.1. The molecule has 0 saturated heterocycles. The highest BCUT2D eigenvalue weighted by Crippen LogP contribution is 2.33. The summed E-state index contributed by atoms with van der Waals surface area (Å²) in [6, 6.07) is 24.8. The molecule has 4 rings (SSSR count). The highest BCUT2D eigenvalue weighted by Gasteiger charge is 2.11. The molecule has 0 atom stereocenters. The first kappa shape index (κ1) is 16.7. The summed E-state index contributed by atoms with van der Waals surface area (Å²) >= 11 is 6.47. The van der Waals surface area contributed by atoms with Crippen molar-refractivity contribution in [3.8, 4) is 11.1 Å². The van der Waals surface area contributed by atoms with Crippen LogP contribution in [0.2, 0.25) is 5.02 Å². The van der Waals surface area contributed by atoms with Gasteiger partial charge >= 0.3 is 0 Å². The molecule has 0 saturated carbocycles. The number of nitrogens with zero attached hydrogens (tertiary/aromatic N) is 1. The fraction of sp³-hybridized carbons (Fsp3) is 0.136. The number of rotatable bonds is 6. The lowest BCUT2D eigenvalue weighted by molar-refractivity contribution is 0.858. The standard InChI is InChI=1S/C22H20ClN3/c23-20-15-21-19(14-18(20)17-11-5-2-6-12-17)22(26-25-21)24-13-7-10-16-8-3-1-4-9-16/h1-6,8-9,11-12,14-15H,7,10,13H2,(H2,24,25,26). The number of hydrogen-bond acceptors (Lipinski definition) is 2. The van der Waals surface area contributed by atoms with E-state index in [4.69, 9.17) is 11.6 Å². The molecule has 0 aliphatic heterocycles. The van der Waals surface area contributed by atoms with Crippen LogP contribution in [-0.4, -0.2) is 16.7 Å². The van der Waals surface area contributed by atoms with Gasteiger partial charge in [-0.25, -0.2) is 0 Å². The van der Waals surface area contributed by atoms with E-state index in [2.05, 4.69) is 58.0 Å². The first-order valence-corrected chi connectivity index (χ1v) is 9.20. The van der Waals surface area contributed by atoms with E-state index in [0.717, 1.165) is 52.3 Å². The molecule has 3 nitrogen and oxygen atoms in total. The van der Waals surface area contributed by atoms with Gasteiger partial charge < -0.3 is 5.32 Å². The van der Waals surface area contributed by atoms with Gasteiger partial charge in [-0.3, -0.25) is 5.10 Å². The lowest BCUT2D eigenvalue weighted by atomic mass is 10.0. The predicted octanol–water partition coefficient (Wildman–Crippen LogP) is 5.93. The van der Waals surface area contributed by atoms with E-state index in [-0.39, 0.29) is 0 Å². The Labute approximate surface area is 158 Å². The molecule has 1 heterocycles. The van der Waals surface area contributed by atoms with Crippen molar-refractivity contribution in [3.05, 3.63) is 83.4 Å². The van der Waals surface area contributed by atoms with Gasteiger partial charge in [0.1, 0.15) is 0 Å². The Hall–Kier alpha value is -2.78. The van der Waals surface area contributed by atoms with Gasteiger partial charge in [-0.1, -0.05) is 72.3 Å². The molecule has 4 aromatic rings. The van der Waals surface area contributed by atoms with Crippen molar-refractivity contribution in [1.82, 2.24) is 10.2 Å². The number of benzene rings is 3. The van der Waals surface area contributed by atoms with E-state index in [1.165, 1.54) is 5.56 Å². The molecule has 0 bridgehead atoms. The number of aromatic amines is 1. The molecule has 0 aliphatic rings. The molecule has 0 spiro atoms. The summed E-state index contributed by atoms with van der Waals surface area (Å²) in [5.41, 5.74) is 4.43. The molecule has 0 amide bonds. The second-order valence-electron chi connectivity index (χ2n) is 6.33. The van der Waals surface area contributed by atoms with E-state index >= 15 is 0 Å². The van der Waals surface area contributed by atoms with Gasteiger partial charge in [0.15, 0.2) is 5.82 Å². The quantitative estimate of drug-likeness (QED) is 0.418. The van der Waals surface area contributed by atoms with Crippen molar-refractivity contribution in [2.45, 2.75) is 12.8 Å². The minimum atomic E-state index is 0.725. The molecule has 1 aromatic heterocycles. The van der Waals surface area contributed by atoms with Gasteiger partial charge in [-0.15, -0.1) is 0 Å². The fourth-order valence-corrected chi connectivity index (χ4v) is 3.43. The van der Waals surface area contributed by atoms with E-state index < -0.39 is 0 Å². The largest absolute Gasteiger partial charge is 0.368 e. The molecular formula is C22H20ClN3. The fourth-order valence-electron chi connectivity index (χ4n) is 3.16. The Morgan fingerprint density at radius 2 is 1.65 bits per heavy atom. The zero-order chi connectivity index (χ0) is 17.8. The zero-order valence-electron chi connectivity index (χ0n) is 14.4. The lowest BCUT2D eigenvalue weighted by Crippen LogP contribution is -2.03. The maximum atomic E-state index is 6.47.